The Bertz CT molecular complexity index is 326. The summed E-state index contributed by atoms with van der Waals surface area (Å²) < 4.78 is 17.7. The molecule has 0 N–H and O–H groups in total. The third-order valence-corrected chi connectivity index (χ3v) is 3.53. The summed E-state index contributed by atoms with van der Waals surface area (Å²) in [5, 5.41) is 1.92. The van der Waals surface area contributed by atoms with Crippen LogP contribution in [0.25, 0.3) is 0 Å². The zero-order valence-electron chi connectivity index (χ0n) is 14.3. The van der Waals surface area contributed by atoms with Crippen LogP contribution in [0, 0.1) is 0 Å². The summed E-state index contributed by atoms with van der Waals surface area (Å²) in [5.74, 6) is 0. The highest BCUT2D eigenvalue weighted by atomic mass is 16.7. The second kappa shape index (κ2) is 12.4. The van der Waals surface area contributed by atoms with Gasteiger partial charge in [0.15, 0.2) is 0 Å². The number of hydroxylamine groups is 2. The van der Waals surface area contributed by atoms with E-state index in [1.165, 1.54) is 0 Å². The molecule has 1 aliphatic heterocycles. The van der Waals surface area contributed by atoms with Gasteiger partial charge in [-0.1, -0.05) is 31.6 Å². The lowest BCUT2D eigenvalue weighted by atomic mass is 10.0. The summed E-state index contributed by atoms with van der Waals surface area (Å²) in [6.07, 6.45) is 6.89. The van der Waals surface area contributed by atoms with Gasteiger partial charge < -0.3 is 14.2 Å². The molecule has 0 saturated carbocycles. The van der Waals surface area contributed by atoms with Crippen LogP contribution in [0.15, 0.2) is 38.0 Å². The standard InChI is InChI=1S/C18H31NO4/c1-5-9-13-23-19-14-16(20-10-6-2)18(22-12-8-4)17(15-19)21-11-7-3/h6-8,16-18H,2-5,9-15H2,1H3/t16-,17+,18?. The Balaban J connectivity index is 2.72. The Kier molecular flexibility index (Phi) is 10.9. The van der Waals surface area contributed by atoms with Crippen LogP contribution >= 0.6 is 0 Å². The van der Waals surface area contributed by atoms with E-state index in [0.717, 1.165) is 12.8 Å². The van der Waals surface area contributed by atoms with E-state index in [2.05, 4.69) is 26.7 Å². The Morgan fingerprint density at radius 2 is 1.43 bits per heavy atom. The van der Waals surface area contributed by atoms with Gasteiger partial charge in [0.2, 0.25) is 0 Å². The first-order valence-electron chi connectivity index (χ1n) is 8.32. The smallest absolute Gasteiger partial charge is 0.113 e. The molecule has 0 aromatic rings. The average molecular weight is 325 g/mol. The Labute approximate surface area is 140 Å². The second-order valence-electron chi connectivity index (χ2n) is 5.44. The predicted molar refractivity (Wildman–Crippen MR) is 92.2 cm³/mol. The number of unbranched alkanes of at least 4 members (excludes halogenated alkanes) is 1. The second-order valence-corrected chi connectivity index (χ2v) is 5.44. The van der Waals surface area contributed by atoms with E-state index in [-0.39, 0.29) is 18.3 Å². The van der Waals surface area contributed by atoms with E-state index in [0.29, 0.717) is 39.5 Å². The van der Waals surface area contributed by atoms with Crippen molar-refractivity contribution in [2.75, 3.05) is 39.5 Å². The van der Waals surface area contributed by atoms with Crippen molar-refractivity contribution >= 4 is 0 Å². The summed E-state index contributed by atoms with van der Waals surface area (Å²) in [4.78, 5) is 5.84. The maximum Gasteiger partial charge on any atom is 0.113 e. The van der Waals surface area contributed by atoms with Crippen LogP contribution in [-0.4, -0.2) is 62.9 Å². The van der Waals surface area contributed by atoms with E-state index in [4.69, 9.17) is 19.0 Å². The Morgan fingerprint density at radius 1 is 0.913 bits per heavy atom. The predicted octanol–water partition coefficient (Wildman–Crippen LogP) is 2.75. The van der Waals surface area contributed by atoms with Gasteiger partial charge >= 0.3 is 0 Å². The van der Waals surface area contributed by atoms with Crippen LogP contribution in [0.1, 0.15) is 19.8 Å². The molecule has 132 valence electrons. The molecule has 1 saturated heterocycles. The fraction of sp³-hybridized carbons (Fsp3) is 0.667. The van der Waals surface area contributed by atoms with E-state index < -0.39 is 0 Å². The van der Waals surface area contributed by atoms with Gasteiger partial charge in [-0.3, -0.25) is 4.84 Å². The molecule has 3 atom stereocenters. The molecule has 0 aromatic carbocycles. The zero-order chi connectivity index (χ0) is 16.9. The van der Waals surface area contributed by atoms with E-state index in [9.17, 15) is 0 Å². The van der Waals surface area contributed by atoms with Crippen molar-refractivity contribution in [1.29, 1.82) is 0 Å². The first-order valence-corrected chi connectivity index (χ1v) is 8.32. The molecule has 0 bridgehead atoms. The first kappa shape index (κ1) is 20.1. The summed E-state index contributed by atoms with van der Waals surface area (Å²) in [7, 11) is 0. The van der Waals surface area contributed by atoms with Crippen molar-refractivity contribution in [3.05, 3.63) is 38.0 Å². The molecule has 1 aliphatic rings. The molecule has 5 heteroatoms. The van der Waals surface area contributed by atoms with Crippen molar-refractivity contribution in [3.8, 4) is 0 Å². The average Bonchev–Trinajstić information content (AvgIpc) is 2.57. The van der Waals surface area contributed by atoms with Crippen LogP contribution in [0.2, 0.25) is 0 Å². The van der Waals surface area contributed by atoms with Crippen molar-refractivity contribution < 1.29 is 19.0 Å². The van der Waals surface area contributed by atoms with Gasteiger partial charge in [-0.2, -0.15) is 5.06 Å². The van der Waals surface area contributed by atoms with Gasteiger partial charge in [0.1, 0.15) is 18.3 Å². The quantitative estimate of drug-likeness (QED) is 0.385. The minimum absolute atomic E-state index is 0.141. The normalized spacial score (nSPS) is 25.2. The molecule has 0 aromatic heterocycles. The number of hydrogen-bond acceptors (Lipinski definition) is 5. The highest BCUT2D eigenvalue weighted by molar-refractivity contribution is 4.90. The Hall–Kier alpha value is -0.980. The molecular weight excluding hydrogens is 294 g/mol. The van der Waals surface area contributed by atoms with Crippen LogP contribution < -0.4 is 0 Å². The van der Waals surface area contributed by atoms with Gasteiger partial charge in [-0.15, -0.1) is 19.7 Å². The third kappa shape index (κ3) is 7.42. The maximum atomic E-state index is 5.91. The van der Waals surface area contributed by atoms with Crippen LogP contribution in [0.4, 0.5) is 0 Å². The molecule has 0 spiro atoms. The summed E-state index contributed by atoms with van der Waals surface area (Å²) in [6.45, 7) is 16.7. The maximum absolute atomic E-state index is 5.91. The molecule has 0 amide bonds. The minimum atomic E-state index is -0.168. The molecule has 23 heavy (non-hydrogen) atoms. The summed E-state index contributed by atoms with van der Waals surface area (Å²) >= 11 is 0. The number of rotatable bonds is 13. The lowest BCUT2D eigenvalue weighted by Gasteiger charge is -2.42. The number of piperidine rings is 1. The monoisotopic (exact) mass is 325 g/mol. The topological polar surface area (TPSA) is 40.2 Å². The summed E-state index contributed by atoms with van der Waals surface area (Å²) in [5.41, 5.74) is 0. The van der Waals surface area contributed by atoms with Crippen molar-refractivity contribution in [3.63, 3.8) is 0 Å². The van der Waals surface area contributed by atoms with Crippen LogP contribution in [-0.2, 0) is 19.0 Å². The number of hydrogen-bond donors (Lipinski definition) is 0. The van der Waals surface area contributed by atoms with Gasteiger partial charge in [-0.05, 0) is 6.42 Å². The third-order valence-electron chi connectivity index (χ3n) is 3.53. The first-order chi connectivity index (χ1) is 11.3. The molecule has 1 rings (SSSR count). The van der Waals surface area contributed by atoms with Crippen molar-refractivity contribution in [1.82, 2.24) is 5.06 Å². The highest BCUT2D eigenvalue weighted by Gasteiger charge is 2.39. The Morgan fingerprint density at radius 3 is 1.91 bits per heavy atom. The largest absolute Gasteiger partial charge is 0.370 e. The molecular formula is C18H31NO4. The SMILES string of the molecule is C=CCOC1[C@@H](OCC=C)CN(OCCCC)C[C@H]1OCC=C. The molecule has 1 unspecified atom stereocenters. The fourth-order valence-electron chi connectivity index (χ4n) is 2.44. The lowest BCUT2D eigenvalue weighted by molar-refractivity contribution is -0.251. The molecule has 0 aliphatic carbocycles. The van der Waals surface area contributed by atoms with Gasteiger partial charge in [0, 0.05) is 0 Å². The fourth-order valence-corrected chi connectivity index (χ4v) is 2.44. The molecule has 5 nitrogen and oxygen atoms in total. The van der Waals surface area contributed by atoms with E-state index in [1.54, 1.807) is 18.2 Å². The van der Waals surface area contributed by atoms with Gasteiger partial charge in [0.05, 0.1) is 39.5 Å². The van der Waals surface area contributed by atoms with Crippen LogP contribution in [0.3, 0.4) is 0 Å². The van der Waals surface area contributed by atoms with Gasteiger partial charge in [-0.25, -0.2) is 0 Å². The summed E-state index contributed by atoms with van der Waals surface area (Å²) in [6, 6.07) is 0. The number of nitrogens with zero attached hydrogens (tertiary/aromatic N) is 1. The van der Waals surface area contributed by atoms with E-state index in [1.807, 2.05) is 5.06 Å². The van der Waals surface area contributed by atoms with E-state index >= 15 is 0 Å². The zero-order valence-corrected chi connectivity index (χ0v) is 14.3. The molecule has 1 fully saturated rings. The lowest BCUT2D eigenvalue weighted by Crippen LogP contribution is -2.58. The van der Waals surface area contributed by atoms with Crippen LogP contribution in [0.5, 0.6) is 0 Å². The van der Waals surface area contributed by atoms with Crippen molar-refractivity contribution in [2.24, 2.45) is 0 Å². The van der Waals surface area contributed by atoms with Gasteiger partial charge in [0.25, 0.3) is 0 Å². The van der Waals surface area contributed by atoms with Crippen molar-refractivity contribution in [2.45, 2.75) is 38.1 Å². The number of ether oxygens (including phenoxy) is 3. The minimum Gasteiger partial charge on any atom is -0.370 e. The highest BCUT2D eigenvalue weighted by Crippen LogP contribution is 2.21. The molecule has 0 radical (unpaired) electrons. The molecule has 1 heterocycles.